The Morgan fingerprint density at radius 2 is 2.05 bits per heavy atom. The molecule has 0 spiro atoms. The first kappa shape index (κ1) is 13.3. The predicted octanol–water partition coefficient (Wildman–Crippen LogP) is 1.48. The fourth-order valence-corrected chi connectivity index (χ4v) is 2.13. The normalized spacial score (nSPS) is 10.7. The fraction of sp³-hybridized carbons (Fsp3) is 0.133. The predicted molar refractivity (Wildman–Crippen MR) is 80.1 cm³/mol. The molecule has 0 aliphatic carbocycles. The smallest absolute Gasteiger partial charge is 0.259 e. The topological polar surface area (TPSA) is 85.3 Å². The van der Waals surface area contributed by atoms with Gasteiger partial charge in [0.25, 0.3) is 5.91 Å². The summed E-state index contributed by atoms with van der Waals surface area (Å²) >= 11 is 0. The quantitative estimate of drug-likeness (QED) is 0.758. The first-order chi connectivity index (χ1) is 10.3. The van der Waals surface area contributed by atoms with E-state index in [1.54, 1.807) is 23.1 Å². The van der Waals surface area contributed by atoms with Gasteiger partial charge >= 0.3 is 0 Å². The number of benzene rings is 1. The zero-order valence-corrected chi connectivity index (χ0v) is 11.4. The van der Waals surface area contributed by atoms with Crippen LogP contribution in [-0.2, 0) is 6.42 Å². The second-order valence-electron chi connectivity index (χ2n) is 4.65. The van der Waals surface area contributed by atoms with Crippen LogP contribution in [-0.4, -0.2) is 27.0 Å². The van der Waals surface area contributed by atoms with Gasteiger partial charge in [-0.3, -0.25) is 9.78 Å². The number of carbonyl (C=O) groups excluding carboxylic acids is 1. The van der Waals surface area contributed by atoms with Crippen molar-refractivity contribution in [2.24, 2.45) is 5.73 Å². The Kier molecular flexibility index (Phi) is 3.61. The molecule has 0 saturated carbocycles. The van der Waals surface area contributed by atoms with E-state index < -0.39 is 0 Å². The number of nitrogens with two attached hydrogens (primary N) is 1. The molecule has 0 saturated heterocycles. The van der Waals surface area contributed by atoms with Crippen LogP contribution in [0.25, 0.3) is 5.52 Å². The Hall–Kier alpha value is -2.73. The van der Waals surface area contributed by atoms with Crippen molar-refractivity contribution in [3.8, 4) is 0 Å². The van der Waals surface area contributed by atoms with Crippen molar-refractivity contribution in [2.45, 2.75) is 6.42 Å². The molecule has 3 aromatic rings. The van der Waals surface area contributed by atoms with E-state index in [-0.39, 0.29) is 5.91 Å². The second kappa shape index (κ2) is 5.72. The molecule has 0 bridgehead atoms. The van der Waals surface area contributed by atoms with Crippen LogP contribution in [0.4, 0.5) is 5.69 Å². The number of hydrogen-bond donors (Lipinski definition) is 2. The SMILES string of the molecule is NCCc1ccc(NC(=O)c2cnn3ccncc23)cc1. The molecule has 0 aliphatic rings. The van der Waals surface area contributed by atoms with Crippen LogP contribution in [0.3, 0.4) is 0 Å². The highest BCUT2D eigenvalue weighted by Gasteiger charge is 2.12. The van der Waals surface area contributed by atoms with Crippen molar-refractivity contribution in [1.29, 1.82) is 0 Å². The molecule has 6 heteroatoms. The van der Waals surface area contributed by atoms with E-state index in [4.69, 9.17) is 5.73 Å². The summed E-state index contributed by atoms with van der Waals surface area (Å²) in [4.78, 5) is 16.3. The minimum atomic E-state index is -0.204. The van der Waals surface area contributed by atoms with Gasteiger partial charge in [0.2, 0.25) is 0 Å². The maximum atomic E-state index is 12.3. The molecule has 3 N–H and O–H groups in total. The third-order valence-electron chi connectivity index (χ3n) is 3.21. The lowest BCUT2D eigenvalue weighted by Gasteiger charge is -2.05. The molecule has 0 aliphatic heterocycles. The minimum absolute atomic E-state index is 0.204. The van der Waals surface area contributed by atoms with Crippen LogP contribution in [0, 0.1) is 0 Å². The molecule has 0 fully saturated rings. The van der Waals surface area contributed by atoms with Gasteiger partial charge in [0.15, 0.2) is 0 Å². The Bertz CT molecular complexity index is 763. The number of amides is 1. The Morgan fingerprint density at radius 3 is 2.81 bits per heavy atom. The molecular formula is C15H15N5O. The van der Waals surface area contributed by atoms with Crippen molar-refractivity contribution >= 4 is 17.1 Å². The average molecular weight is 281 g/mol. The number of hydrogen-bond acceptors (Lipinski definition) is 4. The highest BCUT2D eigenvalue weighted by atomic mass is 16.1. The number of rotatable bonds is 4. The number of nitrogens with one attached hydrogen (secondary N) is 1. The highest BCUT2D eigenvalue weighted by Crippen LogP contribution is 2.14. The summed E-state index contributed by atoms with van der Waals surface area (Å²) in [5.41, 5.74) is 8.57. The standard InChI is InChI=1S/C15H15N5O/c16-6-5-11-1-3-12(4-2-11)19-15(21)13-9-18-20-8-7-17-10-14(13)20/h1-4,7-10H,5-6,16H2,(H,19,21). The van der Waals surface area contributed by atoms with Crippen LogP contribution in [0.15, 0.2) is 49.1 Å². The third kappa shape index (κ3) is 2.75. The van der Waals surface area contributed by atoms with E-state index in [9.17, 15) is 4.79 Å². The van der Waals surface area contributed by atoms with E-state index >= 15 is 0 Å². The highest BCUT2D eigenvalue weighted by molar-refractivity contribution is 6.08. The number of nitrogens with zero attached hydrogens (tertiary/aromatic N) is 3. The third-order valence-corrected chi connectivity index (χ3v) is 3.21. The maximum absolute atomic E-state index is 12.3. The summed E-state index contributed by atoms with van der Waals surface area (Å²) in [7, 11) is 0. The van der Waals surface area contributed by atoms with E-state index in [2.05, 4.69) is 15.4 Å². The molecule has 0 atom stereocenters. The molecule has 0 unspecified atom stereocenters. The lowest BCUT2D eigenvalue weighted by Crippen LogP contribution is -2.11. The number of anilines is 1. The van der Waals surface area contributed by atoms with Crippen molar-refractivity contribution in [2.75, 3.05) is 11.9 Å². The molecule has 1 amide bonds. The van der Waals surface area contributed by atoms with Gasteiger partial charge in [-0.1, -0.05) is 12.1 Å². The first-order valence-corrected chi connectivity index (χ1v) is 6.65. The van der Waals surface area contributed by atoms with Gasteiger partial charge in [0.05, 0.1) is 23.5 Å². The molecule has 1 aromatic carbocycles. The van der Waals surface area contributed by atoms with E-state index in [1.807, 2.05) is 24.3 Å². The summed E-state index contributed by atoms with van der Waals surface area (Å²) in [5, 5.41) is 6.98. The Morgan fingerprint density at radius 1 is 1.24 bits per heavy atom. The van der Waals surface area contributed by atoms with Crippen LogP contribution < -0.4 is 11.1 Å². The minimum Gasteiger partial charge on any atom is -0.330 e. The zero-order chi connectivity index (χ0) is 14.7. The summed E-state index contributed by atoms with van der Waals surface area (Å²) in [6.45, 7) is 0.612. The van der Waals surface area contributed by atoms with Gasteiger partial charge in [-0.15, -0.1) is 0 Å². The number of carbonyl (C=O) groups is 1. The first-order valence-electron chi connectivity index (χ1n) is 6.65. The van der Waals surface area contributed by atoms with Crippen molar-refractivity contribution in [1.82, 2.24) is 14.6 Å². The molecule has 0 radical (unpaired) electrons. The maximum Gasteiger partial charge on any atom is 0.259 e. The van der Waals surface area contributed by atoms with E-state index in [1.165, 1.54) is 6.20 Å². The lowest BCUT2D eigenvalue weighted by molar-refractivity contribution is 0.102. The molecule has 3 rings (SSSR count). The molecule has 21 heavy (non-hydrogen) atoms. The molecule has 6 nitrogen and oxygen atoms in total. The summed E-state index contributed by atoms with van der Waals surface area (Å²) in [6, 6.07) is 7.65. The van der Waals surface area contributed by atoms with Gasteiger partial charge in [-0.05, 0) is 30.7 Å². The van der Waals surface area contributed by atoms with E-state index in [0.29, 0.717) is 17.6 Å². The summed E-state index contributed by atoms with van der Waals surface area (Å²) in [5.74, 6) is -0.204. The molecule has 2 aromatic heterocycles. The lowest BCUT2D eigenvalue weighted by atomic mass is 10.1. The van der Waals surface area contributed by atoms with Crippen LogP contribution in [0.5, 0.6) is 0 Å². The molecule has 2 heterocycles. The molecular weight excluding hydrogens is 266 g/mol. The van der Waals surface area contributed by atoms with Gasteiger partial charge in [0, 0.05) is 18.1 Å². The van der Waals surface area contributed by atoms with Crippen LogP contribution in [0.2, 0.25) is 0 Å². The van der Waals surface area contributed by atoms with Gasteiger partial charge in [-0.25, -0.2) is 4.52 Å². The largest absolute Gasteiger partial charge is 0.330 e. The zero-order valence-electron chi connectivity index (χ0n) is 11.4. The van der Waals surface area contributed by atoms with Crippen LogP contribution >= 0.6 is 0 Å². The van der Waals surface area contributed by atoms with Gasteiger partial charge in [0.1, 0.15) is 0 Å². The van der Waals surface area contributed by atoms with E-state index in [0.717, 1.165) is 17.7 Å². The van der Waals surface area contributed by atoms with Crippen LogP contribution in [0.1, 0.15) is 15.9 Å². The number of aromatic nitrogens is 3. The second-order valence-corrected chi connectivity index (χ2v) is 4.65. The fourth-order valence-electron chi connectivity index (χ4n) is 2.13. The Balaban J connectivity index is 1.79. The monoisotopic (exact) mass is 281 g/mol. The van der Waals surface area contributed by atoms with Crippen molar-refractivity contribution in [3.63, 3.8) is 0 Å². The average Bonchev–Trinajstić information content (AvgIpc) is 2.93. The van der Waals surface area contributed by atoms with Crippen molar-refractivity contribution < 1.29 is 4.79 Å². The summed E-state index contributed by atoms with van der Waals surface area (Å²) < 4.78 is 1.62. The van der Waals surface area contributed by atoms with Gasteiger partial charge < -0.3 is 11.1 Å². The number of fused-ring (bicyclic) bond motifs is 1. The Labute approximate surface area is 121 Å². The van der Waals surface area contributed by atoms with Crippen molar-refractivity contribution in [3.05, 3.63) is 60.2 Å². The summed E-state index contributed by atoms with van der Waals surface area (Å²) in [6.07, 6.45) is 7.31. The molecule has 106 valence electrons. The van der Waals surface area contributed by atoms with Gasteiger partial charge in [-0.2, -0.15) is 5.10 Å².